The van der Waals surface area contributed by atoms with Crippen LogP contribution in [0.25, 0.3) is 0 Å². The molecule has 29 heavy (non-hydrogen) atoms. The fourth-order valence-corrected chi connectivity index (χ4v) is 4.06. The molecule has 0 unspecified atom stereocenters. The predicted octanol–water partition coefficient (Wildman–Crippen LogP) is 2.80. The van der Waals surface area contributed by atoms with Crippen molar-refractivity contribution >= 4 is 11.6 Å². The monoisotopic (exact) mass is 397 g/mol. The van der Waals surface area contributed by atoms with Gasteiger partial charge < -0.3 is 15.0 Å². The Balaban J connectivity index is 1.21. The summed E-state index contributed by atoms with van der Waals surface area (Å²) < 4.78 is 18.4. The Kier molecular flexibility index (Phi) is 5.72. The number of halogens is 1. The van der Waals surface area contributed by atoms with Gasteiger partial charge in [0.25, 0.3) is 0 Å². The van der Waals surface area contributed by atoms with Crippen LogP contribution >= 0.6 is 0 Å². The summed E-state index contributed by atoms with van der Waals surface area (Å²) in [6.07, 6.45) is 1.68. The highest BCUT2D eigenvalue weighted by Crippen LogP contribution is 2.48. The molecule has 1 amide bonds. The third kappa shape index (κ3) is 4.37. The van der Waals surface area contributed by atoms with Gasteiger partial charge in [0.2, 0.25) is 5.91 Å². The van der Waals surface area contributed by atoms with Crippen molar-refractivity contribution in [2.45, 2.75) is 18.3 Å². The summed E-state index contributed by atoms with van der Waals surface area (Å²) >= 11 is 0. The van der Waals surface area contributed by atoms with Gasteiger partial charge in [-0.2, -0.15) is 0 Å². The number of anilines is 1. The second kappa shape index (κ2) is 8.41. The van der Waals surface area contributed by atoms with Crippen LogP contribution in [0, 0.1) is 5.82 Å². The average molecular weight is 397 g/mol. The van der Waals surface area contributed by atoms with Gasteiger partial charge in [-0.15, -0.1) is 0 Å². The molecule has 0 radical (unpaired) electrons. The summed E-state index contributed by atoms with van der Waals surface area (Å²) in [4.78, 5) is 17.5. The number of benzene rings is 2. The minimum absolute atomic E-state index is 0.0703. The number of carbonyl (C=O) groups is 1. The van der Waals surface area contributed by atoms with Crippen LogP contribution in [0.2, 0.25) is 0 Å². The van der Waals surface area contributed by atoms with Gasteiger partial charge in [-0.3, -0.25) is 9.69 Å². The first-order valence-electron chi connectivity index (χ1n) is 10.3. The highest BCUT2D eigenvalue weighted by molar-refractivity contribution is 5.91. The molecule has 2 aliphatic rings. The van der Waals surface area contributed by atoms with Crippen LogP contribution in [-0.2, 0) is 10.2 Å². The summed E-state index contributed by atoms with van der Waals surface area (Å²) in [5, 5.41) is 3.10. The SMILES string of the molecule is COc1ccc(N2CCN(CCNC(=O)C3(c4ccc(F)cc4)CC3)CC2)cc1. The molecule has 1 saturated heterocycles. The molecule has 1 N–H and O–H groups in total. The molecule has 5 nitrogen and oxygen atoms in total. The van der Waals surface area contributed by atoms with Gasteiger partial charge in [0.05, 0.1) is 12.5 Å². The Labute approximate surface area is 171 Å². The highest BCUT2D eigenvalue weighted by atomic mass is 19.1. The molecular weight excluding hydrogens is 369 g/mol. The van der Waals surface area contributed by atoms with E-state index in [1.54, 1.807) is 19.2 Å². The number of hydrogen-bond acceptors (Lipinski definition) is 4. The summed E-state index contributed by atoms with van der Waals surface area (Å²) in [6, 6.07) is 14.5. The van der Waals surface area contributed by atoms with Crippen LogP contribution in [0.5, 0.6) is 5.75 Å². The van der Waals surface area contributed by atoms with E-state index in [0.717, 1.165) is 56.9 Å². The minimum atomic E-state index is -0.444. The number of methoxy groups -OCH3 is 1. The molecule has 0 bridgehead atoms. The molecule has 1 heterocycles. The number of rotatable bonds is 7. The largest absolute Gasteiger partial charge is 0.497 e. The van der Waals surface area contributed by atoms with E-state index in [-0.39, 0.29) is 11.7 Å². The summed E-state index contributed by atoms with van der Waals surface area (Å²) in [7, 11) is 1.68. The van der Waals surface area contributed by atoms with E-state index in [1.807, 2.05) is 12.1 Å². The van der Waals surface area contributed by atoms with Crippen LogP contribution in [-0.4, -0.2) is 57.2 Å². The van der Waals surface area contributed by atoms with Crippen LogP contribution in [0.15, 0.2) is 48.5 Å². The predicted molar refractivity (Wildman–Crippen MR) is 112 cm³/mol. The Bertz CT molecular complexity index is 826. The van der Waals surface area contributed by atoms with Crippen LogP contribution in [0.1, 0.15) is 18.4 Å². The lowest BCUT2D eigenvalue weighted by molar-refractivity contribution is -0.123. The zero-order valence-electron chi connectivity index (χ0n) is 16.9. The first-order valence-corrected chi connectivity index (χ1v) is 10.3. The summed E-state index contributed by atoms with van der Waals surface area (Å²) in [6.45, 7) is 5.39. The van der Waals surface area contributed by atoms with Gasteiger partial charge in [-0.1, -0.05) is 12.1 Å². The van der Waals surface area contributed by atoms with Crippen LogP contribution in [0.3, 0.4) is 0 Å². The van der Waals surface area contributed by atoms with Crippen molar-refractivity contribution in [3.63, 3.8) is 0 Å². The van der Waals surface area contributed by atoms with E-state index in [9.17, 15) is 9.18 Å². The van der Waals surface area contributed by atoms with Gasteiger partial charge in [0, 0.05) is 45.0 Å². The summed E-state index contributed by atoms with van der Waals surface area (Å²) in [5.41, 5.74) is 1.69. The topological polar surface area (TPSA) is 44.8 Å². The Morgan fingerprint density at radius 1 is 1.03 bits per heavy atom. The van der Waals surface area contributed by atoms with Crippen molar-refractivity contribution in [1.82, 2.24) is 10.2 Å². The van der Waals surface area contributed by atoms with Crippen molar-refractivity contribution in [1.29, 1.82) is 0 Å². The van der Waals surface area contributed by atoms with Crippen molar-refractivity contribution in [2.75, 3.05) is 51.3 Å². The van der Waals surface area contributed by atoms with Gasteiger partial charge in [-0.25, -0.2) is 4.39 Å². The maximum absolute atomic E-state index is 13.2. The number of nitrogens with zero attached hydrogens (tertiary/aromatic N) is 2. The van der Waals surface area contributed by atoms with Gasteiger partial charge in [0.1, 0.15) is 11.6 Å². The van der Waals surface area contributed by atoms with E-state index >= 15 is 0 Å². The first kappa shape index (κ1) is 19.7. The molecule has 1 saturated carbocycles. The number of carbonyl (C=O) groups excluding carboxylic acids is 1. The number of ether oxygens (including phenoxy) is 1. The standard InChI is InChI=1S/C23H28FN3O2/c1-29-21-8-6-20(7-9-21)27-16-14-26(15-17-27)13-12-25-22(28)23(10-11-23)18-2-4-19(24)5-3-18/h2-9H,10-17H2,1H3,(H,25,28). The zero-order chi connectivity index (χ0) is 20.3. The average Bonchev–Trinajstić information content (AvgIpc) is 3.57. The molecule has 2 aromatic carbocycles. The van der Waals surface area contributed by atoms with Gasteiger partial charge >= 0.3 is 0 Å². The van der Waals surface area contributed by atoms with Crippen LogP contribution < -0.4 is 15.0 Å². The Morgan fingerprint density at radius 3 is 2.28 bits per heavy atom. The highest BCUT2D eigenvalue weighted by Gasteiger charge is 2.51. The zero-order valence-corrected chi connectivity index (χ0v) is 16.9. The van der Waals surface area contributed by atoms with Crippen molar-refractivity contribution in [2.24, 2.45) is 0 Å². The molecule has 0 aromatic heterocycles. The first-order chi connectivity index (χ1) is 14.1. The quantitative estimate of drug-likeness (QED) is 0.780. The maximum Gasteiger partial charge on any atom is 0.230 e. The fraction of sp³-hybridized carbons (Fsp3) is 0.435. The lowest BCUT2D eigenvalue weighted by Gasteiger charge is -2.36. The van der Waals surface area contributed by atoms with Crippen molar-refractivity contribution < 1.29 is 13.9 Å². The van der Waals surface area contributed by atoms with Crippen molar-refractivity contribution in [3.8, 4) is 5.75 Å². The Hall–Kier alpha value is -2.60. The molecule has 0 spiro atoms. The van der Waals surface area contributed by atoms with E-state index in [4.69, 9.17) is 4.74 Å². The second-order valence-electron chi connectivity index (χ2n) is 7.87. The second-order valence-corrected chi connectivity index (χ2v) is 7.87. The molecule has 154 valence electrons. The number of piperazine rings is 1. The Morgan fingerprint density at radius 2 is 1.69 bits per heavy atom. The lowest BCUT2D eigenvalue weighted by Crippen LogP contribution is -2.49. The molecule has 1 aliphatic carbocycles. The molecule has 0 atom stereocenters. The minimum Gasteiger partial charge on any atom is -0.497 e. The molecule has 1 aliphatic heterocycles. The normalized spacial score (nSPS) is 18.3. The smallest absolute Gasteiger partial charge is 0.230 e. The fourth-order valence-electron chi connectivity index (χ4n) is 4.06. The number of amides is 1. The molecule has 4 rings (SSSR count). The molecular formula is C23H28FN3O2. The number of nitrogens with one attached hydrogen (secondary N) is 1. The third-order valence-corrected chi connectivity index (χ3v) is 6.10. The van der Waals surface area contributed by atoms with Gasteiger partial charge in [-0.05, 0) is 54.8 Å². The number of hydrogen-bond donors (Lipinski definition) is 1. The van der Waals surface area contributed by atoms with E-state index in [2.05, 4.69) is 27.2 Å². The third-order valence-electron chi connectivity index (χ3n) is 6.10. The summed E-state index contributed by atoms with van der Waals surface area (Å²) in [5.74, 6) is 0.678. The molecule has 6 heteroatoms. The molecule has 2 aromatic rings. The van der Waals surface area contributed by atoms with E-state index in [0.29, 0.717) is 6.54 Å². The van der Waals surface area contributed by atoms with Crippen molar-refractivity contribution in [3.05, 3.63) is 59.9 Å². The molecule has 2 fully saturated rings. The van der Waals surface area contributed by atoms with E-state index < -0.39 is 5.41 Å². The van der Waals surface area contributed by atoms with E-state index in [1.165, 1.54) is 17.8 Å². The van der Waals surface area contributed by atoms with Gasteiger partial charge in [0.15, 0.2) is 0 Å². The lowest BCUT2D eigenvalue weighted by atomic mass is 9.95. The maximum atomic E-state index is 13.2. The van der Waals surface area contributed by atoms with Crippen LogP contribution in [0.4, 0.5) is 10.1 Å².